The number of nitrogens with two attached hydrogens (primary N) is 1. The summed E-state index contributed by atoms with van der Waals surface area (Å²) in [6.45, 7) is 4.86. The van der Waals surface area contributed by atoms with Crippen molar-refractivity contribution in [3.05, 3.63) is 29.8 Å². The van der Waals surface area contributed by atoms with Gasteiger partial charge in [0.05, 0.1) is 38.9 Å². The predicted molar refractivity (Wildman–Crippen MR) is 333 cm³/mol. The van der Waals surface area contributed by atoms with Gasteiger partial charge in [-0.1, -0.05) is 39.8 Å². The van der Waals surface area contributed by atoms with Crippen molar-refractivity contribution >= 4 is 88.7 Å². The molecule has 95 heavy (non-hydrogen) atoms. The molecule has 16 N–H and O–H groups in total. The Labute approximate surface area is 548 Å². The average molecular weight is 1340 g/mol. The highest BCUT2D eigenvalue weighted by Crippen LogP contribution is 2.29. The van der Waals surface area contributed by atoms with Gasteiger partial charge in [-0.3, -0.25) is 67.1 Å². The lowest BCUT2D eigenvalue weighted by Crippen LogP contribution is -2.59. The molecule has 0 radical (unpaired) electrons. The maximum Gasteiger partial charge on any atom is 0.326 e. The monoisotopic (exact) mass is 1340 g/mol. The van der Waals surface area contributed by atoms with Gasteiger partial charge in [0.1, 0.15) is 66.2 Å². The van der Waals surface area contributed by atoms with Gasteiger partial charge in [-0.15, -0.1) is 0 Å². The molecule has 1 aromatic rings. The molecule has 34 heteroatoms. The first kappa shape index (κ1) is 76.7. The third kappa shape index (κ3) is 22.6. The van der Waals surface area contributed by atoms with Gasteiger partial charge in [-0.05, 0) is 114 Å². The number of carboxylic acid groups (broad SMARTS) is 2. The van der Waals surface area contributed by atoms with Crippen molar-refractivity contribution in [2.75, 3.05) is 59.0 Å². The van der Waals surface area contributed by atoms with Crippen LogP contribution in [-0.2, 0) is 78.3 Å². The first-order valence-electron chi connectivity index (χ1n) is 32.0. The summed E-state index contributed by atoms with van der Waals surface area (Å²) in [5.41, 5.74) is 6.82. The average Bonchev–Trinajstić information content (AvgIpc) is 1.67. The zero-order valence-electron chi connectivity index (χ0n) is 54.1. The van der Waals surface area contributed by atoms with E-state index >= 15 is 0 Å². The van der Waals surface area contributed by atoms with Crippen molar-refractivity contribution in [1.29, 1.82) is 0 Å². The normalized spacial score (nSPS) is 19.9. The van der Waals surface area contributed by atoms with Gasteiger partial charge in [-0.25, -0.2) is 4.79 Å². The number of carbonyl (C=O) groups is 15. The molecular weight excluding hydrogens is 1250 g/mol. The van der Waals surface area contributed by atoms with Crippen LogP contribution in [0.5, 0.6) is 5.75 Å². The van der Waals surface area contributed by atoms with Crippen molar-refractivity contribution in [2.45, 2.75) is 185 Å². The number of hydrogen-bond acceptors (Lipinski definition) is 19. The van der Waals surface area contributed by atoms with E-state index < -0.39 is 201 Å². The van der Waals surface area contributed by atoms with Crippen LogP contribution in [-0.4, -0.2) is 259 Å². The minimum Gasteiger partial charge on any atom is -0.508 e. The van der Waals surface area contributed by atoms with Crippen molar-refractivity contribution in [3.63, 3.8) is 0 Å². The molecule has 4 aliphatic heterocycles. The first-order chi connectivity index (χ1) is 44.9. The van der Waals surface area contributed by atoms with Gasteiger partial charge in [0.25, 0.3) is 0 Å². The number of nitrogens with one attached hydrogen (secondary N) is 9. The van der Waals surface area contributed by atoms with Crippen LogP contribution in [0.15, 0.2) is 24.3 Å². The lowest BCUT2D eigenvalue weighted by atomic mass is 9.99. The molecule has 34 nitrogen and oxygen atoms in total. The minimum absolute atomic E-state index is 0.0121. The van der Waals surface area contributed by atoms with Gasteiger partial charge < -0.3 is 98.7 Å². The van der Waals surface area contributed by atoms with E-state index in [4.69, 9.17) is 5.73 Å². The third-order valence-corrected chi connectivity index (χ3v) is 16.7. The molecule has 0 aliphatic carbocycles. The highest BCUT2D eigenvalue weighted by atomic mass is 16.4. The molecule has 526 valence electrons. The fourth-order valence-corrected chi connectivity index (χ4v) is 11.8. The summed E-state index contributed by atoms with van der Waals surface area (Å²) in [5, 5.41) is 70.4. The molecule has 0 bridgehead atoms. The number of aliphatic carboxylic acids is 2. The summed E-state index contributed by atoms with van der Waals surface area (Å²) in [5.74, 6) is -13.3. The number of benzene rings is 1. The fourth-order valence-electron chi connectivity index (χ4n) is 11.8. The summed E-state index contributed by atoms with van der Waals surface area (Å²) in [6.07, 6.45) is 1.92. The molecular formula is C61H92N14O20. The molecule has 0 aromatic heterocycles. The van der Waals surface area contributed by atoms with E-state index in [0.29, 0.717) is 37.7 Å². The van der Waals surface area contributed by atoms with E-state index in [1.165, 1.54) is 33.8 Å². The first-order valence-corrected chi connectivity index (χ1v) is 32.0. The van der Waals surface area contributed by atoms with E-state index in [1.807, 2.05) is 13.8 Å². The number of rotatable bonds is 34. The summed E-state index contributed by atoms with van der Waals surface area (Å²) in [6, 6.07) is -7.77. The van der Waals surface area contributed by atoms with Crippen LogP contribution >= 0.6 is 0 Å². The second kappa shape index (κ2) is 36.6. The molecule has 0 saturated carbocycles. The molecule has 4 fully saturated rings. The Balaban J connectivity index is 1.07. The molecule has 0 unspecified atom stereocenters. The zero-order valence-corrected chi connectivity index (χ0v) is 54.1. The second-order valence-corrected chi connectivity index (χ2v) is 25.0. The van der Waals surface area contributed by atoms with E-state index in [0.717, 1.165) is 4.90 Å². The number of aliphatic hydroxyl groups is 2. The van der Waals surface area contributed by atoms with E-state index in [-0.39, 0.29) is 82.3 Å². The number of phenolic OH excluding ortho intramolecular Hbond substituents is 1. The predicted octanol–water partition coefficient (Wildman–Crippen LogP) is -5.47. The standard InChI is InChI=1S/C61H92N14O20/c1-32(2)24-39(68-51(84)37(62)26-35-14-16-36(78)17-15-35)55(88)69-40(25-33(3)4)54(87)67-38(18-19-50(82)83)52(85)64-27-47(79)63-29-49(81)72-20-6-10-43(72)57(90)71-42(31-77)56(89)70-41(30-76)53(86)65-28-48(80)66-34(5)58(91)73-21-7-11-44(73)59(92)74-22-8-12-45(74)60(93)75-23-9-13-46(75)61(94)95/h14-17,32-34,37-46,76-78H,6-13,18-31,62H2,1-5H3,(H,63,79)(H,64,85)(H,65,86)(H,66,80)(H,67,87)(H,68,84)(H,69,88)(H,70,89)(H,71,90)(H,82,83)(H,94,95)/t34-,37-,38-,39-,40-,41-,42-,43-,44-,45-,46-/m0/s1. The van der Waals surface area contributed by atoms with Gasteiger partial charge in [0, 0.05) is 32.6 Å². The lowest BCUT2D eigenvalue weighted by Gasteiger charge is -2.34. The van der Waals surface area contributed by atoms with Gasteiger partial charge >= 0.3 is 11.9 Å². The van der Waals surface area contributed by atoms with Gasteiger partial charge in [0.2, 0.25) is 76.8 Å². The third-order valence-electron chi connectivity index (χ3n) is 16.7. The van der Waals surface area contributed by atoms with Crippen molar-refractivity contribution in [2.24, 2.45) is 17.6 Å². The second-order valence-electron chi connectivity index (χ2n) is 25.0. The number of amides is 13. The Morgan fingerprint density at radius 1 is 0.495 bits per heavy atom. The maximum atomic E-state index is 13.9. The fraction of sp³-hybridized carbons (Fsp3) is 0.656. The van der Waals surface area contributed by atoms with E-state index in [1.54, 1.807) is 26.0 Å². The van der Waals surface area contributed by atoms with Crippen LogP contribution in [0.3, 0.4) is 0 Å². The van der Waals surface area contributed by atoms with E-state index in [9.17, 15) is 97.5 Å². The zero-order chi connectivity index (χ0) is 70.4. The van der Waals surface area contributed by atoms with Crippen LogP contribution in [0, 0.1) is 11.8 Å². The summed E-state index contributed by atoms with van der Waals surface area (Å²) < 4.78 is 0. The van der Waals surface area contributed by atoms with Crippen LogP contribution in [0.4, 0.5) is 0 Å². The van der Waals surface area contributed by atoms with Crippen LogP contribution < -0.4 is 53.6 Å². The SMILES string of the molecule is CC(C)C[C@H](NC(=O)[C@H](CC(C)C)NC(=O)[C@@H](N)Cc1ccc(O)cc1)C(=O)N[C@@H](CCC(=O)O)C(=O)NCC(=O)NCC(=O)N1CCC[C@H]1C(=O)N[C@@H](CO)C(=O)N[C@@H](CO)C(=O)NCC(=O)N[C@@H](C)C(=O)N1CCC[C@H]1C(=O)N1CCC[C@H]1C(=O)N1CCC[C@H]1C(=O)O. The summed E-state index contributed by atoms with van der Waals surface area (Å²) >= 11 is 0. The van der Waals surface area contributed by atoms with Crippen molar-refractivity contribution < 1.29 is 97.5 Å². The van der Waals surface area contributed by atoms with Crippen molar-refractivity contribution in [3.8, 4) is 5.75 Å². The van der Waals surface area contributed by atoms with Crippen LogP contribution in [0.25, 0.3) is 0 Å². The largest absolute Gasteiger partial charge is 0.508 e. The number of nitrogens with zero attached hydrogens (tertiary/aromatic N) is 4. The highest BCUT2D eigenvalue weighted by Gasteiger charge is 2.47. The number of carbonyl (C=O) groups excluding carboxylic acids is 13. The van der Waals surface area contributed by atoms with Gasteiger partial charge in [0.15, 0.2) is 0 Å². The number of phenols is 1. The van der Waals surface area contributed by atoms with E-state index in [2.05, 4.69) is 47.9 Å². The molecule has 4 heterocycles. The molecule has 11 atom stereocenters. The smallest absolute Gasteiger partial charge is 0.326 e. The quantitative estimate of drug-likeness (QED) is 0.0306. The van der Waals surface area contributed by atoms with Gasteiger partial charge in [-0.2, -0.15) is 0 Å². The molecule has 0 spiro atoms. The number of hydrogen-bond donors (Lipinski definition) is 15. The topological polar surface area (TPSA) is 504 Å². The van der Waals surface area contributed by atoms with Crippen LogP contribution in [0.1, 0.15) is 117 Å². The maximum absolute atomic E-state index is 13.9. The Morgan fingerprint density at radius 2 is 0.937 bits per heavy atom. The number of aliphatic hydroxyl groups excluding tert-OH is 2. The Morgan fingerprint density at radius 3 is 1.47 bits per heavy atom. The number of carboxylic acids is 2. The molecule has 5 rings (SSSR count). The Hall–Kier alpha value is -9.05. The van der Waals surface area contributed by atoms with Crippen molar-refractivity contribution in [1.82, 2.24) is 67.5 Å². The molecule has 4 aliphatic rings. The molecule has 4 saturated heterocycles. The molecule has 1 aromatic carbocycles. The Kier molecular flexibility index (Phi) is 29.5. The lowest BCUT2D eigenvalue weighted by molar-refractivity contribution is -0.153. The minimum atomic E-state index is -1.74. The van der Waals surface area contributed by atoms with Crippen LogP contribution in [0.2, 0.25) is 0 Å². The summed E-state index contributed by atoms with van der Waals surface area (Å²) in [7, 11) is 0. The number of aromatic hydroxyl groups is 1. The molecule has 13 amide bonds. The number of likely N-dealkylation sites (tertiary alicyclic amines) is 4. The summed E-state index contributed by atoms with van der Waals surface area (Å²) in [4.78, 5) is 203. The Bertz CT molecular complexity index is 2970. The highest BCUT2D eigenvalue weighted by molar-refractivity contribution is 5.99.